The third-order valence-electron chi connectivity index (χ3n) is 11.4. The summed E-state index contributed by atoms with van der Waals surface area (Å²) in [4.78, 5) is 106. The van der Waals surface area contributed by atoms with Gasteiger partial charge in [-0.15, -0.1) is 0 Å². The van der Waals surface area contributed by atoms with E-state index in [9.17, 15) is 33.6 Å². The zero-order chi connectivity index (χ0) is 38.5. The Morgan fingerprint density at radius 1 is 0.873 bits per heavy atom. The van der Waals surface area contributed by atoms with Crippen LogP contribution < -0.4 is 20.9 Å². The van der Waals surface area contributed by atoms with Crippen LogP contribution in [0.3, 0.4) is 0 Å². The largest absolute Gasteiger partial charge is 0.367 e. The molecule has 6 heterocycles. The van der Waals surface area contributed by atoms with Crippen molar-refractivity contribution in [2.24, 2.45) is 5.92 Å². The minimum Gasteiger partial charge on any atom is -0.367 e. The Balaban J connectivity index is 0.896. The molecule has 0 radical (unpaired) electrons. The molecule has 5 aliphatic rings. The molecule has 1 aliphatic carbocycles. The normalized spacial score (nSPS) is 22.8. The molecule has 3 unspecified atom stereocenters. The maximum atomic E-state index is 13.6. The molecule has 16 heteroatoms. The molecule has 3 fully saturated rings. The van der Waals surface area contributed by atoms with Crippen molar-refractivity contribution < 1.29 is 33.6 Å². The minimum atomic E-state index is -1.10. The first-order valence-corrected chi connectivity index (χ1v) is 18.7. The van der Waals surface area contributed by atoms with Crippen LogP contribution >= 0.6 is 0 Å². The smallest absolute Gasteiger partial charge is 0.321 e. The number of benzene rings is 1. The van der Waals surface area contributed by atoms with Gasteiger partial charge in [0.15, 0.2) is 0 Å². The highest BCUT2D eigenvalue weighted by Crippen LogP contribution is 2.45. The number of hydrogen-bond acceptors (Lipinski definition) is 11. The average Bonchev–Trinajstić information content (AvgIpc) is 3.78. The molecule has 284 valence electrons. The number of rotatable bonds is 6. The van der Waals surface area contributed by atoms with Gasteiger partial charge in [0.05, 0.1) is 46.4 Å². The van der Waals surface area contributed by atoms with Crippen LogP contribution in [-0.4, -0.2) is 98.4 Å². The Kier molecular flexibility index (Phi) is 9.27. The molecule has 3 atom stereocenters. The number of amides is 8. The number of anilines is 4. The summed E-state index contributed by atoms with van der Waals surface area (Å²) in [7, 11) is 0. The van der Waals surface area contributed by atoms with Crippen LogP contribution in [0, 0.1) is 5.92 Å². The third kappa shape index (κ3) is 6.44. The van der Waals surface area contributed by atoms with E-state index in [0.717, 1.165) is 47.5 Å². The number of urea groups is 1. The molecule has 3 N–H and O–H groups in total. The molecule has 2 saturated heterocycles. The Bertz CT molecular complexity index is 2130. The van der Waals surface area contributed by atoms with Crippen LogP contribution in [0.1, 0.15) is 96.3 Å². The first-order chi connectivity index (χ1) is 26.5. The van der Waals surface area contributed by atoms with E-state index >= 15 is 0 Å². The number of carbonyl (C=O) groups is 7. The Labute approximate surface area is 316 Å². The number of fused-ring (bicyclic) bond motifs is 2. The Morgan fingerprint density at radius 2 is 1.62 bits per heavy atom. The molecule has 3 aromatic rings. The molecular formula is C39H41N9O7. The average molecular weight is 748 g/mol. The van der Waals surface area contributed by atoms with Gasteiger partial charge in [-0.1, -0.05) is 25.0 Å². The molecule has 8 rings (SSSR count). The molecule has 1 aromatic carbocycles. The minimum absolute atomic E-state index is 0.0111. The van der Waals surface area contributed by atoms with Gasteiger partial charge in [0, 0.05) is 39.5 Å². The fraction of sp³-hybridized carbons (Fsp3) is 0.410. The number of imide groups is 3. The predicted molar refractivity (Wildman–Crippen MR) is 198 cm³/mol. The standard InChI is InChI=1S/C39H41N9O7/c1-21-25-11-14-30(43-34(25)32(23-6-3-4-7-23)37(53)47(21)22(2)49)42-29-13-10-24(20-40-29)45-16-18-46(19-17-45)39(55)41-27-9-5-8-26-33(27)38(54)48(36(26)52)28-12-15-31(50)44-35(28)51/h5,8-11,13-14,20-21,23,28,32H,3-4,6-7,12,15-19H2,1-2H3,(H,41,55)(H,40,42,43)(H,44,50,51). The summed E-state index contributed by atoms with van der Waals surface area (Å²) >= 11 is 0. The maximum Gasteiger partial charge on any atom is 0.321 e. The predicted octanol–water partition coefficient (Wildman–Crippen LogP) is 3.70. The summed E-state index contributed by atoms with van der Waals surface area (Å²) in [6, 6.07) is 10.2. The van der Waals surface area contributed by atoms with Crippen molar-refractivity contribution in [3.05, 3.63) is 71.0 Å². The fourth-order valence-electron chi connectivity index (χ4n) is 8.66. The van der Waals surface area contributed by atoms with Gasteiger partial charge < -0.3 is 20.4 Å². The number of aromatic nitrogens is 2. The molecule has 0 bridgehead atoms. The zero-order valence-electron chi connectivity index (χ0n) is 30.5. The molecular weight excluding hydrogens is 706 g/mol. The molecule has 16 nitrogen and oxygen atoms in total. The lowest BCUT2D eigenvalue weighted by atomic mass is 9.80. The van der Waals surface area contributed by atoms with Crippen molar-refractivity contribution in [1.82, 2.24) is 30.0 Å². The van der Waals surface area contributed by atoms with Crippen molar-refractivity contribution >= 4 is 64.5 Å². The first kappa shape index (κ1) is 35.8. The molecule has 2 aromatic heterocycles. The quantitative estimate of drug-likeness (QED) is 0.311. The van der Waals surface area contributed by atoms with Crippen molar-refractivity contribution in [2.45, 2.75) is 70.4 Å². The number of nitrogens with zero attached hydrogens (tertiary/aromatic N) is 6. The summed E-state index contributed by atoms with van der Waals surface area (Å²) in [5, 5.41) is 8.25. The fourth-order valence-corrected chi connectivity index (χ4v) is 8.66. The topological polar surface area (TPSA) is 194 Å². The molecule has 0 spiro atoms. The van der Waals surface area contributed by atoms with Gasteiger partial charge in [-0.3, -0.25) is 43.9 Å². The lowest BCUT2D eigenvalue weighted by Gasteiger charge is -2.39. The number of hydrogen-bond donors (Lipinski definition) is 3. The highest BCUT2D eigenvalue weighted by atomic mass is 16.2. The van der Waals surface area contributed by atoms with Crippen LogP contribution in [0.15, 0.2) is 48.7 Å². The maximum absolute atomic E-state index is 13.6. The SMILES string of the molecule is CC(=O)N1C(=O)C(C2CCCC2)c2nc(Nc3ccc(N4CCN(C(=O)Nc5cccc6c5C(=O)N(C5CCC(=O)NC5=O)C6=O)CC4)cn3)ccc2C1C. The van der Waals surface area contributed by atoms with Crippen LogP contribution in [-0.2, 0) is 19.2 Å². The van der Waals surface area contributed by atoms with Crippen LogP contribution in [0.25, 0.3) is 0 Å². The number of nitrogens with one attached hydrogen (secondary N) is 3. The summed E-state index contributed by atoms with van der Waals surface area (Å²) in [6.07, 6.45) is 5.78. The van der Waals surface area contributed by atoms with E-state index in [1.54, 1.807) is 23.2 Å². The Hall–Kier alpha value is -6.19. The molecule has 55 heavy (non-hydrogen) atoms. The number of pyridine rings is 2. The van der Waals surface area contributed by atoms with E-state index in [2.05, 4.69) is 25.8 Å². The van der Waals surface area contributed by atoms with Crippen molar-refractivity contribution in [1.29, 1.82) is 0 Å². The summed E-state index contributed by atoms with van der Waals surface area (Å²) < 4.78 is 0. The highest BCUT2D eigenvalue weighted by molar-refractivity contribution is 6.26. The van der Waals surface area contributed by atoms with E-state index in [-0.39, 0.29) is 47.4 Å². The van der Waals surface area contributed by atoms with E-state index in [0.29, 0.717) is 37.8 Å². The van der Waals surface area contributed by atoms with E-state index < -0.39 is 47.7 Å². The van der Waals surface area contributed by atoms with Crippen molar-refractivity contribution in [3.8, 4) is 0 Å². The van der Waals surface area contributed by atoms with Gasteiger partial charge in [0.1, 0.15) is 17.7 Å². The van der Waals surface area contributed by atoms with Gasteiger partial charge in [-0.05, 0) is 68.0 Å². The van der Waals surface area contributed by atoms with Crippen molar-refractivity contribution in [3.63, 3.8) is 0 Å². The van der Waals surface area contributed by atoms with Gasteiger partial charge in [0.25, 0.3) is 11.8 Å². The van der Waals surface area contributed by atoms with Crippen molar-refractivity contribution in [2.75, 3.05) is 41.7 Å². The molecule has 1 saturated carbocycles. The van der Waals surface area contributed by atoms with Gasteiger partial charge >= 0.3 is 6.03 Å². The first-order valence-electron chi connectivity index (χ1n) is 18.7. The van der Waals surface area contributed by atoms with Gasteiger partial charge in [0.2, 0.25) is 23.6 Å². The lowest BCUT2D eigenvalue weighted by molar-refractivity contribution is -0.149. The summed E-state index contributed by atoms with van der Waals surface area (Å²) in [6.45, 7) is 5.12. The highest BCUT2D eigenvalue weighted by Gasteiger charge is 2.47. The van der Waals surface area contributed by atoms with Gasteiger partial charge in [-0.2, -0.15) is 0 Å². The lowest BCUT2D eigenvalue weighted by Crippen LogP contribution is -2.54. The van der Waals surface area contributed by atoms with E-state index in [4.69, 9.17) is 4.98 Å². The molecule has 8 amide bonds. The zero-order valence-corrected chi connectivity index (χ0v) is 30.5. The van der Waals surface area contributed by atoms with Gasteiger partial charge in [-0.25, -0.2) is 14.8 Å². The van der Waals surface area contributed by atoms with Crippen LogP contribution in [0.4, 0.5) is 27.8 Å². The van der Waals surface area contributed by atoms with Crippen LogP contribution in [0.5, 0.6) is 0 Å². The molecule has 4 aliphatic heterocycles. The second-order valence-corrected chi connectivity index (χ2v) is 14.7. The van der Waals surface area contributed by atoms with E-state index in [1.165, 1.54) is 17.9 Å². The second kappa shape index (κ2) is 14.2. The number of piperazine rings is 1. The Morgan fingerprint density at radius 3 is 2.31 bits per heavy atom. The summed E-state index contributed by atoms with van der Waals surface area (Å²) in [5.74, 6) is -2.08. The number of piperidine rings is 1. The second-order valence-electron chi connectivity index (χ2n) is 14.7. The van der Waals surface area contributed by atoms with E-state index in [1.807, 2.05) is 31.2 Å². The monoisotopic (exact) mass is 747 g/mol. The van der Waals surface area contributed by atoms with Crippen LogP contribution in [0.2, 0.25) is 0 Å². The third-order valence-corrected chi connectivity index (χ3v) is 11.4. The summed E-state index contributed by atoms with van der Waals surface area (Å²) in [5.41, 5.74) is 2.77. The number of carbonyl (C=O) groups excluding carboxylic acids is 7.